The van der Waals surface area contributed by atoms with Gasteiger partial charge in [0.25, 0.3) is 5.91 Å². The van der Waals surface area contributed by atoms with Gasteiger partial charge < -0.3 is 15.2 Å². The lowest BCUT2D eigenvalue weighted by Crippen LogP contribution is -2.52. The third-order valence-corrected chi connectivity index (χ3v) is 8.78. The Kier molecular flexibility index (Phi) is 9.65. The van der Waals surface area contributed by atoms with Gasteiger partial charge in [-0.2, -0.15) is 13.2 Å². The number of ether oxygens (including phenoxy) is 1. The fraction of sp³-hybridized carbons (Fsp3) is 0.226. The molecule has 0 aliphatic carbocycles. The van der Waals surface area contributed by atoms with Crippen LogP contribution in [0.2, 0.25) is 10.0 Å². The Morgan fingerprint density at radius 3 is 2.19 bits per heavy atom. The van der Waals surface area contributed by atoms with Crippen LogP contribution in [-0.4, -0.2) is 27.8 Å². The van der Waals surface area contributed by atoms with E-state index in [4.69, 9.17) is 27.9 Å². The van der Waals surface area contributed by atoms with Crippen LogP contribution in [-0.2, 0) is 23.3 Å². The van der Waals surface area contributed by atoms with Gasteiger partial charge in [-0.25, -0.2) is 4.79 Å². The quantitative estimate of drug-likeness (QED) is 0.182. The molecule has 0 saturated heterocycles. The first-order chi connectivity index (χ1) is 19.8. The number of hydrogen-bond acceptors (Lipinski definition) is 4. The number of aliphatic carboxylic acids is 1. The summed E-state index contributed by atoms with van der Waals surface area (Å²) in [7, 11) is 0. The Morgan fingerprint density at radius 2 is 1.57 bits per heavy atom. The van der Waals surface area contributed by atoms with Gasteiger partial charge in [-0.15, -0.1) is 11.8 Å². The molecule has 0 aliphatic heterocycles. The van der Waals surface area contributed by atoms with Crippen LogP contribution in [0.4, 0.5) is 13.2 Å². The molecular weight excluding hydrogens is 610 g/mol. The van der Waals surface area contributed by atoms with Gasteiger partial charge in [-0.3, -0.25) is 4.79 Å². The Bertz CT molecular complexity index is 1590. The average Bonchev–Trinajstić information content (AvgIpc) is 2.93. The zero-order valence-corrected chi connectivity index (χ0v) is 24.8. The summed E-state index contributed by atoms with van der Waals surface area (Å²) in [5.74, 6) is -1.43. The lowest BCUT2D eigenvalue weighted by atomic mass is 10.0. The summed E-state index contributed by atoms with van der Waals surface area (Å²) in [4.78, 5) is 26.0. The van der Waals surface area contributed by atoms with Gasteiger partial charge in [0.2, 0.25) is 0 Å². The van der Waals surface area contributed by atoms with Crippen LogP contribution in [0.15, 0.2) is 78.9 Å². The third-order valence-electron chi connectivity index (χ3n) is 6.66. The maximum atomic E-state index is 13.6. The van der Waals surface area contributed by atoms with Gasteiger partial charge in [0.15, 0.2) is 0 Å². The second-order valence-corrected chi connectivity index (χ2v) is 12.4. The smallest absolute Gasteiger partial charge is 0.416 e. The molecule has 0 spiro atoms. The Hall–Kier alpha value is -3.40. The number of amides is 1. The van der Waals surface area contributed by atoms with E-state index in [0.29, 0.717) is 32.3 Å². The number of hydrogen-bond donors (Lipinski definition) is 2. The standard InChI is InChI=1S/C31H26Cl2F3NO4S/c1-30(2,42-17-23-24(32)8-5-9-25(23)33)27(29(39)40)37-28(38)22-15-12-19-6-3-4-7-21(19)26(22)41-16-18-10-13-20(14-11-18)31(34,35)36/h3-15,27H,16-17H2,1-2H3,(H,37,38)(H,39,40). The molecule has 4 aromatic carbocycles. The lowest BCUT2D eigenvalue weighted by molar-refractivity contribution is -0.140. The van der Waals surface area contributed by atoms with E-state index < -0.39 is 34.4 Å². The van der Waals surface area contributed by atoms with E-state index in [1.807, 2.05) is 12.1 Å². The number of thioether (sulfide) groups is 1. The first-order valence-electron chi connectivity index (χ1n) is 12.7. The molecule has 1 unspecified atom stereocenters. The first-order valence-corrected chi connectivity index (χ1v) is 14.4. The van der Waals surface area contributed by atoms with Gasteiger partial charge in [-0.1, -0.05) is 71.7 Å². The largest absolute Gasteiger partial charge is 0.487 e. The number of carboxylic acid groups (broad SMARTS) is 1. The summed E-state index contributed by atoms with van der Waals surface area (Å²) >= 11 is 13.8. The molecule has 0 aromatic heterocycles. The zero-order valence-electron chi connectivity index (χ0n) is 22.5. The maximum Gasteiger partial charge on any atom is 0.416 e. The molecule has 42 heavy (non-hydrogen) atoms. The average molecular weight is 637 g/mol. The first kappa shape index (κ1) is 31.5. The van der Waals surface area contributed by atoms with E-state index in [1.165, 1.54) is 30.0 Å². The molecular formula is C31H26Cl2F3NO4S. The highest BCUT2D eigenvalue weighted by Gasteiger charge is 2.38. The van der Waals surface area contributed by atoms with Crippen LogP contribution in [0, 0.1) is 0 Å². The predicted molar refractivity (Wildman–Crippen MR) is 160 cm³/mol. The lowest BCUT2D eigenvalue weighted by Gasteiger charge is -2.32. The number of carbonyl (C=O) groups excluding carboxylic acids is 1. The van der Waals surface area contributed by atoms with E-state index in [1.54, 1.807) is 50.2 Å². The van der Waals surface area contributed by atoms with Gasteiger partial charge in [0, 0.05) is 25.9 Å². The molecule has 5 nitrogen and oxygen atoms in total. The summed E-state index contributed by atoms with van der Waals surface area (Å²) in [6, 6.07) is 18.7. The van der Waals surface area contributed by atoms with Crippen LogP contribution < -0.4 is 10.1 Å². The number of carboxylic acids is 1. The van der Waals surface area contributed by atoms with Crippen LogP contribution >= 0.6 is 35.0 Å². The Morgan fingerprint density at radius 1 is 0.929 bits per heavy atom. The van der Waals surface area contributed by atoms with E-state index in [2.05, 4.69) is 5.32 Å². The second kappa shape index (κ2) is 12.9. The minimum Gasteiger partial charge on any atom is -0.487 e. The molecule has 0 saturated carbocycles. The molecule has 0 heterocycles. The number of halogens is 5. The summed E-state index contributed by atoms with van der Waals surface area (Å²) < 4.78 is 43.9. The van der Waals surface area contributed by atoms with Crippen molar-refractivity contribution in [1.29, 1.82) is 0 Å². The van der Waals surface area contributed by atoms with Crippen LogP contribution in [0.5, 0.6) is 5.75 Å². The van der Waals surface area contributed by atoms with Crippen molar-refractivity contribution in [3.8, 4) is 5.75 Å². The highest BCUT2D eigenvalue weighted by molar-refractivity contribution is 7.99. The van der Waals surface area contributed by atoms with Crippen molar-refractivity contribution in [3.05, 3.63) is 111 Å². The fourth-order valence-electron chi connectivity index (χ4n) is 4.28. The van der Waals surface area contributed by atoms with Crippen molar-refractivity contribution < 1.29 is 32.6 Å². The van der Waals surface area contributed by atoms with Crippen LogP contribution in [0.3, 0.4) is 0 Å². The molecule has 0 bridgehead atoms. The number of alkyl halides is 3. The minimum absolute atomic E-state index is 0.0850. The van der Waals surface area contributed by atoms with Crippen LogP contribution in [0.25, 0.3) is 10.8 Å². The molecule has 11 heteroatoms. The summed E-state index contributed by atoms with van der Waals surface area (Å²) in [5, 5.41) is 15.0. The molecule has 0 fully saturated rings. The van der Waals surface area contributed by atoms with Crippen molar-refractivity contribution in [2.75, 3.05) is 0 Å². The number of fused-ring (bicyclic) bond motifs is 1. The van der Waals surface area contributed by atoms with Gasteiger partial charge >= 0.3 is 12.1 Å². The van der Waals surface area contributed by atoms with Gasteiger partial charge in [-0.05, 0) is 60.7 Å². The molecule has 0 aliphatic rings. The highest BCUT2D eigenvalue weighted by Crippen LogP contribution is 2.37. The summed E-state index contributed by atoms with van der Waals surface area (Å²) in [5.41, 5.74) is 0.416. The van der Waals surface area contributed by atoms with Crippen molar-refractivity contribution in [1.82, 2.24) is 5.32 Å². The predicted octanol–water partition coefficient (Wildman–Crippen LogP) is 8.64. The molecule has 4 aromatic rings. The molecule has 2 N–H and O–H groups in total. The second-order valence-electron chi connectivity index (χ2n) is 9.98. The number of rotatable bonds is 10. The monoisotopic (exact) mass is 635 g/mol. The topological polar surface area (TPSA) is 75.6 Å². The van der Waals surface area contributed by atoms with Gasteiger partial charge in [0.05, 0.1) is 11.1 Å². The van der Waals surface area contributed by atoms with Crippen molar-refractivity contribution >= 4 is 57.6 Å². The molecule has 1 amide bonds. The third kappa shape index (κ3) is 7.32. The van der Waals surface area contributed by atoms with Crippen LogP contribution in [0.1, 0.15) is 40.9 Å². The maximum absolute atomic E-state index is 13.6. The van der Waals surface area contributed by atoms with Gasteiger partial charge in [0.1, 0.15) is 18.4 Å². The molecule has 0 radical (unpaired) electrons. The van der Waals surface area contributed by atoms with Crippen molar-refractivity contribution in [2.45, 2.75) is 43.2 Å². The Labute approximate surface area is 255 Å². The molecule has 1 atom stereocenters. The van der Waals surface area contributed by atoms with E-state index in [9.17, 15) is 27.9 Å². The zero-order chi connectivity index (χ0) is 30.7. The summed E-state index contributed by atoms with van der Waals surface area (Å²) in [6.45, 7) is 3.28. The van der Waals surface area contributed by atoms with Crippen molar-refractivity contribution in [2.24, 2.45) is 0 Å². The van der Waals surface area contributed by atoms with E-state index >= 15 is 0 Å². The SMILES string of the molecule is CC(C)(SCc1c(Cl)cccc1Cl)C(NC(=O)c1ccc2ccccc2c1OCc1ccc(C(F)(F)F)cc1)C(=O)O. The Balaban J connectivity index is 1.59. The molecule has 220 valence electrons. The number of nitrogens with one attached hydrogen (secondary N) is 1. The minimum atomic E-state index is -4.47. The summed E-state index contributed by atoms with van der Waals surface area (Å²) in [6.07, 6.45) is -4.47. The highest BCUT2D eigenvalue weighted by atomic mass is 35.5. The number of benzene rings is 4. The normalized spacial score (nSPS) is 12.6. The van der Waals surface area contributed by atoms with E-state index in [0.717, 1.165) is 17.5 Å². The number of carbonyl (C=O) groups is 2. The van der Waals surface area contributed by atoms with Crippen molar-refractivity contribution in [3.63, 3.8) is 0 Å². The fourth-order valence-corrected chi connectivity index (χ4v) is 6.12. The molecule has 4 rings (SSSR count). The van der Waals surface area contributed by atoms with E-state index in [-0.39, 0.29) is 17.9 Å².